The Kier molecular flexibility index (Phi) is 5.16. The normalized spacial score (nSPS) is 17.5. The molecule has 1 rings (SSSR count). The Balaban J connectivity index is 2.51. The molecule has 84 valence electrons. The average molecular weight is 208 g/mol. The highest BCUT2D eigenvalue weighted by atomic mass is 16.5. The fraction of sp³-hybridized carbons (Fsp3) is 0.615. The van der Waals surface area contributed by atoms with Gasteiger partial charge in [-0.25, -0.2) is 4.79 Å². The number of carbonyl (C=O) groups excluding carboxylic acids is 1. The van der Waals surface area contributed by atoms with Gasteiger partial charge in [-0.1, -0.05) is 18.1 Å². The first-order chi connectivity index (χ1) is 7.22. The van der Waals surface area contributed by atoms with Crippen molar-refractivity contribution in [3.8, 4) is 0 Å². The van der Waals surface area contributed by atoms with E-state index in [1.54, 1.807) is 6.08 Å². The highest BCUT2D eigenvalue weighted by Gasteiger charge is 2.05. The van der Waals surface area contributed by atoms with Gasteiger partial charge in [-0.3, -0.25) is 0 Å². The molecule has 15 heavy (non-hydrogen) atoms. The maximum atomic E-state index is 11.2. The molecule has 0 N–H and O–H groups in total. The number of hydrogen-bond donors (Lipinski definition) is 0. The molecule has 0 amide bonds. The van der Waals surface area contributed by atoms with E-state index in [4.69, 9.17) is 4.74 Å². The first kappa shape index (κ1) is 12.0. The van der Waals surface area contributed by atoms with E-state index >= 15 is 0 Å². The van der Waals surface area contributed by atoms with Gasteiger partial charge < -0.3 is 4.74 Å². The van der Waals surface area contributed by atoms with Gasteiger partial charge in [0, 0.05) is 6.08 Å². The van der Waals surface area contributed by atoms with Gasteiger partial charge in [0.15, 0.2) is 0 Å². The van der Waals surface area contributed by atoms with E-state index < -0.39 is 0 Å². The minimum Gasteiger partial charge on any atom is -0.463 e. The lowest BCUT2D eigenvalue weighted by Gasteiger charge is -2.13. The zero-order valence-electron chi connectivity index (χ0n) is 9.71. The Hall–Kier alpha value is -1.05. The van der Waals surface area contributed by atoms with Gasteiger partial charge in [0.1, 0.15) is 0 Å². The van der Waals surface area contributed by atoms with E-state index in [0.29, 0.717) is 6.61 Å². The molecule has 1 fully saturated rings. The summed E-state index contributed by atoms with van der Waals surface area (Å²) in [4.78, 5) is 11.2. The summed E-state index contributed by atoms with van der Waals surface area (Å²) in [5.41, 5.74) is 2.48. The van der Waals surface area contributed by atoms with Crippen LogP contribution >= 0.6 is 0 Å². The number of ether oxygens (including phenoxy) is 1. The third-order valence-corrected chi connectivity index (χ3v) is 2.56. The molecule has 0 aromatic rings. The second kappa shape index (κ2) is 6.44. The number of rotatable bonds is 3. The average Bonchev–Trinajstić information content (AvgIpc) is 2.19. The predicted molar refractivity (Wildman–Crippen MR) is 61.6 cm³/mol. The first-order valence-electron chi connectivity index (χ1n) is 5.77. The van der Waals surface area contributed by atoms with E-state index in [1.807, 2.05) is 13.8 Å². The lowest BCUT2D eigenvalue weighted by atomic mass is 9.93. The van der Waals surface area contributed by atoms with E-state index in [-0.39, 0.29) is 5.97 Å². The molecule has 0 aromatic heterocycles. The van der Waals surface area contributed by atoms with Gasteiger partial charge in [-0.15, -0.1) is 0 Å². The molecule has 0 unspecified atom stereocenters. The van der Waals surface area contributed by atoms with Crippen molar-refractivity contribution < 1.29 is 9.53 Å². The van der Waals surface area contributed by atoms with Crippen molar-refractivity contribution in [3.05, 3.63) is 23.3 Å². The van der Waals surface area contributed by atoms with Crippen LogP contribution in [-0.2, 0) is 9.53 Å². The SMILES string of the molecule is CCOC(=O)/C=C(\C)C=C1CCCCC1. The number of carbonyl (C=O) groups is 1. The molecule has 1 aliphatic carbocycles. The summed E-state index contributed by atoms with van der Waals surface area (Å²) in [5, 5.41) is 0. The lowest BCUT2D eigenvalue weighted by Crippen LogP contribution is -2.00. The second-order valence-corrected chi connectivity index (χ2v) is 4.00. The Bertz CT molecular complexity index is 266. The van der Waals surface area contributed by atoms with Crippen molar-refractivity contribution >= 4 is 5.97 Å². The number of esters is 1. The minimum atomic E-state index is -0.234. The third kappa shape index (κ3) is 4.82. The quantitative estimate of drug-likeness (QED) is 0.525. The van der Waals surface area contributed by atoms with Gasteiger partial charge in [0.25, 0.3) is 0 Å². The molecule has 0 heterocycles. The molecule has 0 saturated heterocycles. The van der Waals surface area contributed by atoms with Crippen LogP contribution in [-0.4, -0.2) is 12.6 Å². The Morgan fingerprint density at radius 3 is 2.60 bits per heavy atom. The molecule has 1 aliphatic rings. The van der Waals surface area contributed by atoms with Crippen LogP contribution in [0, 0.1) is 0 Å². The summed E-state index contributed by atoms with van der Waals surface area (Å²) in [5.74, 6) is -0.234. The molecule has 0 bridgehead atoms. The maximum Gasteiger partial charge on any atom is 0.330 e. The first-order valence-corrected chi connectivity index (χ1v) is 5.77. The fourth-order valence-corrected chi connectivity index (χ4v) is 1.88. The molecule has 2 heteroatoms. The van der Waals surface area contributed by atoms with Crippen LogP contribution in [0.15, 0.2) is 23.3 Å². The van der Waals surface area contributed by atoms with E-state index in [2.05, 4.69) is 6.08 Å². The van der Waals surface area contributed by atoms with Crippen LogP contribution < -0.4 is 0 Å². The Morgan fingerprint density at radius 1 is 1.33 bits per heavy atom. The smallest absolute Gasteiger partial charge is 0.330 e. The summed E-state index contributed by atoms with van der Waals surface area (Å²) in [6.07, 6.45) is 10.0. The number of allylic oxidation sites excluding steroid dienone is 3. The van der Waals surface area contributed by atoms with Gasteiger partial charge in [-0.05, 0) is 45.1 Å². The molecule has 0 atom stereocenters. The van der Waals surface area contributed by atoms with Crippen LogP contribution in [0.25, 0.3) is 0 Å². The van der Waals surface area contributed by atoms with E-state index in [9.17, 15) is 4.79 Å². The van der Waals surface area contributed by atoms with Crippen LogP contribution in [0.4, 0.5) is 0 Å². The van der Waals surface area contributed by atoms with Crippen molar-refractivity contribution in [1.82, 2.24) is 0 Å². The highest BCUT2D eigenvalue weighted by Crippen LogP contribution is 2.23. The zero-order valence-corrected chi connectivity index (χ0v) is 9.71. The summed E-state index contributed by atoms with van der Waals surface area (Å²) in [6.45, 7) is 4.22. The van der Waals surface area contributed by atoms with E-state index in [1.165, 1.54) is 37.7 Å². The topological polar surface area (TPSA) is 26.3 Å². The standard InChI is InChI=1S/C13H20O2/c1-3-15-13(14)10-11(2)9-12-7-5-4-6-8-12/h9-10H,3-8H2,1-2H3/b11-10+. The summed E-state index contributed by atoms with van der Waals surface area (Å²) >= 11 is 0. The van der Waals surface area contributed by atoms with Crippen molar-refractivity contribution in [2.24, 2.45) is 0 Å². The van der Waals surface area contributed by atoms with Crippen LogP contribution in [0.3, 0.4) is 0 Å². The summed E-state index contributed by atoms with van der Waals surface area (Å²) < 4.78 is 4.86. The Labute approximate surface area is 92.0 Å². The molecule has 1 saturated carbocycles. The minimum absolute atomic E-state index is 0.234. The van der Waals surface area contributed by atoms with Gasteiger partial charge in [0.2, 0.25) is 0 Å². The largest absolute Gasteiger partial charge is 0.463 e. The van der Waals surface area contributed by atoms with E-state index in [0.717, 1.165) is 5.57 Å². The van der Waals surface area contributed by atoms with Gasteiger partial charge >= 0.3 is 5.97 Å². The molecule has 0 spiro atoms. The third-order valence-electron chi connectivity index (χ3n) is 2.56. The van der Waals surface area contributed by atoms with Gasteiger partial charge in [-0.2, -0.15) is 0 Å². The summed E-state index contributed by atoms with van der Waals surface area (Å²) in [6, 6.07) is 0. The lowest BCUT2D eigenvalue weighted by molar-refractivity contribution is -0.137. The molecular formula is C13H20O2. The molecule has 2 nitrogen and oxygen atoms in total. The second-order valence-electron chi connectivity index (χ2n) is 4.00. The molecular weight excluding hydrogens is 188 g/mol. The summed E-state index contributed by atoms with van der Waals surface area (Å²) in [7, 11) is 0. The van der Waals surface area contributed by atoms with Gasteiger partial charge in [0.05, 0.1) is 6.61 Å². The maximum absolute atomic E-state index is 11.2. The fourth-order valence-electron chi connectivity index (χ4n) is 1.88. The molecule has 0 aliphatic heterocycles. The van der Waals surface area contributed by atoms with Crippen molar-refractivity contribution in [2.45, 2.75) is 46.0 Å². The predicted octanol–water partition coefficient (Wildman–Crippen LogP) is 3.39. The van der Waals surface area contributed by atoms with Crippen molar-refractivity contribution in [2.75, 3.05) is 6.61 Å². The molecule has 0 radical (unpaired) electrons. The number of hydrogen-bond acceptors (Lipinski definition) is 2. The van der Waals surface area contributed by atoms with Crippen molar-refractivity contribution in [1.29, 1.82) is 0 Å². The highest BCUT2D eigenvalue weighted by molar-refractivity contribution is 5.83. The van der Waals surface area contributed by atoms with Crippen LogP contribution in [0.5, 0.6) is 0 Å². The van der Waals surface area contributed by atoms with Crippen molar-refractivity contribution in [3.63, 3.8) is 0 Å². The van der Waals surface area contributed by atoms with Crippen LogP contribution in [0.2, 0.25) is 0 Å². The zero-order chi connectivity index (χ0) is 11.1. The Morgan fingerprint density at radius 2 is 2.00 bits per heavy atom. The monoisotopic (exact) mass is 208 g/mol. The van der Waals surface area contributed by atoms with Crippen LogP contribution in [0.1, 0.15) is 46.0 Å². The molecule has 0 aromatic carbocycles.